The van der Waals surface area contributed by atoms with Gasteiger partial charge in [-0.3, -0.25) is 0 Å². The topological polar surface area (TPSA) is 47.9 Å². The Morgan fingerprint density at radius 3 is 2.18 bits per heavy atom. The van der Waals surface area contributed by atoms with Crippen molar-refractivity contribution < 1.29 is 13.6 Å². The zero-order valence-corrected chi connectivity index (χ0v) is 8.25. The molecule has 64 valence electrons. The van der Waals surface area contributed by atoms with Gasteiger partial charge in [-0.2, -0.15) is 0 Å². The molecule has 0 aliphatic heterocycles. The third-order valence-electron chi connectivity index (χ3n) is 1.82. The van der Waals surface area contributed by atoms with E-state index in [1.54, 1.807) is 21.1 Å². The molecule has 1 unspecified atom stereocenters. The zero-order valence-electron chi connectivity index (χ0n) is 7.25. The molecular weight excluding hydrogens is 162 g/mol. The van der Waals surface area contributed by atoms with Crippen LogP contribution < -0.4 is 0 Å². The monoisotopic (exact) mass is 175 g/mol. The minimum Gasteiger partial charge on any atom is -0.397 e. The van der Waals surface area contributed by atoms with Crippen LogP contribution in [-0.4, -0.2) is 34.5 Å². The molecule has 0 aliphatic rings. The van der Waals surface area contributed by atoms with Crippen LogP contribution in [0, 0.1) is 0 Å². The fourth-order valence-electron chi connectivity index (χ4n) is 0.621. The third kappa shape index (κ3) is 2.55. The van der Waals surface area contributed by atoms with Crippen molar-refractivity contribution in [3.8, 4) is 0 Å². The summed E-state index contributed by atoms with van der Waals surface area (Å²) in [7, 11) is 0.873. The van der Waals surface area contributed by atoms with Crippen molar-refractivity contribution >= 4 is 14.6 Å². The number of nitrogens with zero attached hydrogens (tertiary/aromatic N) is 1. The van der Waals surface area contributed by atoms with E-state index < -0.39 is 8.56 Å². The standard InChI is InChI=1S/C6H13NO3Si/c1-6(7-5-8)11(4,9-2)10-3/h6H,1-4H3. The number of hydrogen-bond donors (Lipinski definition) is 0. The van der Waals surface area contributed by atoms with E-state index in [4.69, 9.17) is 8.85 Å². The first-order valence-electron chi connectivity index (χ1n) is 3.28. The van der Waals surface area contributed by atoms with Gasteiger partial charge < -0.3 is 8.85 Å². The molecule has 0 aromatic rings. The molecule has 0 rings (SSSR count). The van der Waals surface area contributed by atoms with Crippen molar-refractivity contribution in [2.45, 2.75) is 19.1 Å². The van der Waals surface area contributed by atoms with Crippen LogP contribution in [0.2, 0.25) is 6.55 Å². The Hall–Kier alpha value is -0.483. The van der Waals surface area contributed by atoms with E-state index in [9.17, 15) is 4.79 Å². The largest absolute Gasteiger partial charge is 0.397 e. The Labute approximate surface area is 67.5 Å². The summed E-state index contributed by atoms with van der Waals surface area (Å²) < 4.78 is 10.3. The summed E-state index contributed by atoms with van der Waals surface area (Å²) in [5.74, 6) is 0. The summed E-state index contributed by atoms with van der Waals surface area (Å²) >= 11 is 0. The fourth-order valence-corrected chi connectivity index (χ4v) is 1.76. The van der Waals surface area contributed by atoms with Crippen LogP contribution in [0.25, 0.3) is 0 Å². The molecular formula is C6H13NO3Si. The minimum atomic E-state index is -2.25. The highest BCUT2D eigenvalue weighted by Gasteiger charge is 2.36. The van der Waals surface area contributed by atoms with E-state index in [0.717, 1.165) is 0 Å². The van der Waals surface area contributed by atoms with Gasteiger partial charge >= 0.3 is 8.56 Å². The van der Waals surface area contributed by atoms with Gasteiger partial charge in [0.2, 0.25) is 6.08 Å². The lowest BCUT2D eigenvalue weighted by atomic mass is 10.8. The lowest BCUT2D eigenvalue weighted by Gasteiger charge is -2.25. The first-order valence-corrected chi connectivity index (χ1v) is 5.67. The fraction of sp³-hybridized carbons (Fsp3) is 0.833. The molecule has 0 saturated heterocycles. The zero-order chi connectivity index (χ0) is 8.91. The van der Waals surface area contributed by atoms with Gasteiger partial charge in [0.1, 0.15) is 5.67 Å². The third-order valence-corrected chi connectivity index (χ3v) is 5.08. The van der Waals surface area contributed by atoms with Crippen LogP contribution in [0.1, 0.15) is 6.92 Å². The SMILES string of the molecule is CO[Si](C)(OC)C(C)N=C=O. The number of aliphatic imine (C=N–C) groups is 1. The van der Waals surface area contributed by atoms with Crippen LogP contribution in [0.3, 0.4) is 0 Å². The molecule has 11 heavy (non-hydrogen) atoms. The minimum absolute atomic E-state index is 0.213. The summed E-state index contributed by atoms with van der Waals surface area (Å²) in [5, 5.41) is 0. The summed E-state index contributed by atoms with van der Waals surface area (Å²) in [4.78, 5) is 13.5. The quantitative estimate of drug-likeness (QED) is 0.357. The van der Waals surface area contributed by atoms with E-state index in [-0.39, 0.29) is 5.67 Å². The van der Waals surface area contributed by atoms with E-state index in [1.807, 2.05) is 6.55 Å². The van der Waals surface area contributed by atoms with Crippen LogP contribution in [0.15, 0.2) is 4.99 Å². The lowest BCUT2D eigenvalue weighted by molar-refractivity contribution is 0.240. The maximum atomic E-state index is 9.91. The molecule has 0 fully saturated rings. The molecule has 0 aromatic heterocycles. The molecule has 0 N–H and O–H groups in total. The summed E-state index contributed by atoms with van der Waals surface area (Å²) in [6.45, 7) is 3.63. The van der Waals surface area contributed by atoms with Gasteiger partial charge in [0.25, 0.3) is 0 Å². The smallest absolute Gasteiger partial charge is 0.360 e. The van der Waals surface area contributed by atoms with E-state index in [0.29, 0.717) is 0 Å². The lowest BCUT2D eigenvalue weighted by Crippen LogP contribution is -2.46. The predicted molar refractivity (Wildman–Crippen MR) is 43.2 cm³/mol. The first-order chi connectivity index (χ1) is 5.10. The van der Waals surface area contributed by atoms with E-state index in [2.05, 4.69) is 4.99 Å². The molecule has 0 spiro atoms. The van der Waals surface area contributed by atoms with Crippen LogP contribution in [0.5, 0.6) is 0 Å². The van der Waals surface area contributed by atoms with Crippen molar-refractivity contribution in [2.75, 3.05) is 14.2 Å². The van der Waals surface area contributed by atoms with Gasteiger partial charge in [-0.05, 0) is 13.5 Å². The van der Waals surface area contributed by atoms with Gasteiger partial charge in [0.15, 0.2) is 0 Å². The normalized spacial score (nSPS) is 13.8. The second kappa shape index (κ2) is 4.41. The molecule has 0 heterocycles. The average Bonchev–Trinajstić information content (AvgIpc) is 2.03. The Balaban J connectivity index is 4.35. The summed E-state index contributed by atoms with van der Waals surface area (Å²) in [5.41, 5.74) is -0.213. The second-order valence-corrected chi connectivity index (χ2v) is 6.00. The van der Waals surface area contributed by atoms with Crippen molar-refractivity contribution in [1.29, 1.82) is 0 Å². The van der Waals surface area contributed by atoms with E-state index in [1.165, 1.54) is 6.08 Å². The predicted octanol–water partition coefficient (Wildman–Crippen LogP) is 0.615. The molecule has 0 radical (unpaired) electrons. The highest BCUT2D eigenvalue weighted by atomic mass is 28.4. The molecule has 0 saturated carbocycles. The number of hydrogen-bond acceptors (Lipinski definition) is 4. The van der Waals surface area contributed by atoms with Crippen molar-refractivity contribution in [3.63, 3.8) is 0 Å². The Bertz CT molecular complexity index is 163. The van der Waals surface area contributed by atoms with Crippen LogP contribution in [0.4, 0.5) is 0 Å². The van der Waals surface area contributed by atoms with Crippen molar-refractivity contribution in [1.82, 2.24) is 0 Å². The van der Waals surface area contributed by atoms with Gasteiger partial charge in [0.05, 0.1) is 0 Å². The molecule has 0 aromatic carbocycles. The van der Waals surface area contributed by atoms with Gasteiger partial charge in [0, 0.05) is 14.2 Å². The van der Waals surface area contributed by atoms with Crippen molar-refractivity contribution in [2.24, 2.45) is 4.99 Å². The van der Waals surface area contributed by atoms with Crippen LogP contribution in [-0.2, 0) is 13.6 Å². The molecule has 4 nitrogen and oxygen atoms in total. The van der Waals surface area contributed by atoms with Gasteiger partial charge in [-0.15, -0.1) is 0 Å². The summed E-state index contributed by atoms with van der Waals surface area (Å²) in [6.07, 6.45) is 1.49. The highest BCUT2D eigenvalue weighted by molar-refractivity contribution is 6.67. The Kier molecular flexibility index (Phi) is 4.21. The molecule has 0 bridgehead atoms. The number of rotatable bonds is 4. The Morgan fingerprint density at radius 1 is 1.45 bits per heavy atom. The molecule has 0 amide bonds. The second-order valence-electron chi connectivity index (χ2n) is 2.32. The molecule has 1 atom stereocenters. The molecule has 5 heteroatoms. The molecule has 0 aliphatic carbocycles. The highest BCUT2D eigenvalue weighted by Crippen LogP contribution is 2.12. The van der Waals surface area contributed by atoms with Gasteiger partial charge in [-0.25, -0.2) is 9.79 Å². The number of isocyanates is 1. The maximum absolute atomic E-state index is 9.91. The summed E-state index contributed by atoms with van der Waals surface area (Å²) in [6, 6.07) is 0. The Morgan fingerprint density at radius 2 is 1.91 bits per heavy atom. The van der Waals surface area contributed by atoms with Gasteiger partial charge in [-0.1, -0.05) is 0 Å². The first kappa shape index (κ1) is 10.5. The van der Waals surface area contributed by atoms with Crippen LogP contribution >= 0.6 is 0 Å². The maximum Gasteiger partial charge on any atom is 0.360 e. The average molecular weight is 175 g/mol. The van der Waals surface area contributed by atoms with Crippen molar-refractivity contribution in [3.05, 3.63) is 0 Å². The van der Waals surface area contributed by atoms with E-state index >= 15 is 0 Å². The number of carbonyl (C=O) groups excluding carboxylic acids is 1.